The first-order valence-corrected chi connectivity index (χ1v) is 10.2. The monoisotopic (exact) mass is 398 g/mol. The van der Waals surface area contributed by atoms with Gasteiger partial charge < -0.3 is 4.90 Å². The van der Waals surface area contributed by atoms with Crippen molar-refractivity contribution in [3.05, 3.63) is 78.3 Å². The maximum atomic E-state index is 12.9. The lowest BCUT2D eigenvalue weighted by Crippen LogP contribution is -2.39. The highest BCUT2D eigenvalue weighted by Gasteiger charge is 2.28. The number of amides is 1. The predicted molar refractivity (Wildman–Crippen MR) is 113 cm³/mol. The fraction of sp³-hybridized carbons (Fsp3) is 0.261. The van der Waals surface area contributed by atoms with Crippen LogP contribution in [-0.4, -0.2) is 48.5 Å². The Balaban J connectivity index is 1.39. The topological polar surface area (TPSA) is 76.3 Å². The third kappa shape index (κ3) is 3.54. The zero-order valence-corrected chi connectivity index (χ0v) is 16.8. The lowest BCUT2D eigenvalue weighted by Gasteiger charge is -2.31. The number of likely N-dealkylation sites (tertiary alicyclic amines) is 1. The van der Waals surface area contributed by atoms with Gasteiger partial charge in [0.15, 0.2) is 11.5 Å². The van der Waals surface area contributed by atoms with Crippen molar-refractivity contribution >= 4 is 11.6 Å². The summed E-state index contributed by atoms with van der Waals surface area (Å²) in [4.78, 5) is 28.1. The Labute approximate surface area is 174 Å². The highest BCUT2D eigenvalue weighted by atomic mass is 16.2. The summed E-state index contributed by atoms with van der Waals surface area (Å²) in [6, 6.07) is 13.5. The molecule has 7 heteroatoms. The summed E-state index contributed by atoms with van der Waals surface area (Å²) >= 11 is 0. The van der Waals surface area contributed by atoms with E-state index >= 15 is 0 Å². The van der Waals surface area contributed by atoms with Gasteiger partial charge in [-0.1, -0.05) is 12.1 Å². The lowest BCUT2D eigenvalue weighted by molar-refractivity contribution is 0.0698. The number of fused-ring (bicyclic) bond motifs is 1. The normalized spacial score (nSPS) is 16.7. The SMILES string of the molecule is Cc1cccc(C(=O)N2CCCC(c3nc4ccc(-c5cccnc5)cn4n3)C2)n1. The first-order valence-electron chi connectivity index (χ1n) is 10.2. The summed E-state index contributed by atoms with van der Waals surface area (Å²) in [6.45, 7) is 3.25. The number of piperidine rings is 1. The molecule has 1 aliphatic heterocycles. The van der Waals surface area contributed by atoms with Crippen LogP contribution in [0.4, 0.5) is 0 Å². The fourth-order valence-corrected chi connectivity index (χ4v) is 3.97. The molecule has 0 saturated carbocycles. The van der Waals surface area contributed by atoms with Crippen molar-refractivity contribution in [1.29, 1.82) is 0 Å². The predicted octanol–water partition coefficient (Wildman–Crippen LogP) is 3.51. The second-order valence-electron chi connectivity index (χ2n) is 7.69. The molecular formula is C23H22N6O. The molecule has 1 amide bonds. The molecule has 1 atom stereocenters. The van der Waals surface area contributed by atoms with Crippen LogP contribution in [-0.2, 0) is 0 Å². The van der Waals surface area contributed by atoms with E-state index in [0.29, 0.717) is 12.2 Å². The molecule has 4 aromatic heterocycles. The quantitative estimate of drug-likeness (QED) is 0.528. The van der Waals surface area contributed by atoms with E-state index in [4.69, 9.17) is 10.1 Å². The molecule has 0 spiro atoms. The number of carbonyl (C=O) groups is 1. The lowest BCUT2D eigenvalue weighted by atomic mass is 9.97. The van der Waals surface area contributed by atoms with Gasteiger partial charge in [-0.3, -0.25) is 9.78 Å². The number of carbonyl (C=O) groups excluding carboxylic acids is 1. The second kappa shape index (κ2) is 7.67. The van der Waals surface area contributed by atoms with Crippen LogP contribution >= 0.6 is 0 Å². The molecular weight excluding hydrogens is 376 g/mol. The first kappa shape index (κ1) is 18.4. The van der Waals surface area contributed by atoms with Gasteiger partial charge in [0.2, 0.25) is 0 Å². The summed E-state index contributed by atoms with van der Waals surface area (Å²) in [5, 5.41) is 4.73. The number of hydrogen-bond acceptors (Lipinski definition) is 5. The van der Waals surface area contributed by atoms with Gasteiger partial charge in [-0.15, -0.1) is 0 Å². The summed E-state index contributed by atoms with van der Waals surface area (Å²) in [7, 11) is 0. The Morgan fingerprint density at radius 2 is 2.00 bits per heavy atom. The van der Waals surface area contributed by atoms with Crippen LogP contribution in [0.2, 0.25) is 0 Å². The molecule has 1 unspecified atom stereocenters. The minimum absolute atomic E-state index is 0.0222. The number of hydrogen-bond donors (Lipinski definition) is 0. The Hall–Kier alpha value is -3.61. The number of nitrogens with zero attached hydrogens (tertiary/aromatic N) is 6. The molecule has 1 aliphatic rings. The van der Waals surface area contributed by atoms with Crippen molar-refractivity contribution in [3.8, 4) is 11.1 Å². The Bertz CT molecular complexity index is 1200. The first-order chi connectivity index (χ1) is 14.7. The smallest absolute Gasteiger partial charge is 0.272 e. The maximum Gasteiger partial charge on any atom is 0.272 e. The van der Waals surface area contributed by atoms with E-state index < -0.39 is 0 Å². The molecule has 5 rings (SSSR count). The molecule has 0 bridgehead atoms. The van der Waals surface area contributed by atoms with Crippen LogP contribution in [0.15, 0.2) is 61.1 Å². The van der Waals surface area contributed by atoms with E-state index in [2.05, 4.69) is 9.97 Å². The zero-order valence-electron chi connectivity index (χ0n) is 16.8. The number of pyridine rings is 3. The van der Waals surface area contributed by atoms with Crippen molar-refractivity contribution in [2.45, 2.75) is 25.7 Å². The second-order valence-corrected chi connectivity index (χ2v) is 7.69. The maximum absolute atomic E-state index is 12.9. The van der Waals surface area contributed by atoms with Crippen LogP contribution in [0.25, 0.3) is 16.8 Å². The molecule has 5 heterocycles. The van der Waals surface area contributed by atoms with E-state index in [9.17, 15) is 4.79 Å². The van der Waals surface area contributed by atoms with E-state index in [1.54, 1.807) is 12.3 Å². The van der Waals surface area contributed by atoms with Gasteiger partial charge in [0, 0.05) is 54.4 Å². The van der Waals surface area contributed by atoms with Gasteiger partial charge in [0.05, 0.1) is 0 Å². The molecule has 7 nitrogen and oxygen atoms in total. The van der Waals surface area contributed by atoms with Crippen LogP contribution in [0.3, 0.4) is 0 Å². The van der Waals surface area contributed by atoms with Crippen LogP contribution < -0.4 is 0 Å². The molecule has 0 N–H and O–H groups in total. The number of rotatable bonds is 3. The van der Waals surface area contributed by atoms with Crippen molar-refractivity contribution in [3.63, 3.8) is 0 Å². The highest BCUT2D eigenvalue weighted by molar-refractivity contribution is 5.92. The van der Waals surface area contributed by atoms with Crippen molar-refractivity contribution in [2.24, 2.45) is 0 Å². The molecule has 4 aromatic rings. The van der Waals surface area contributed by atoms with Crippen LogP contribution in [0, 0.1) is 6.92 Å². The zero-order chi connectivity index (χ0) is 20.5. The Morgan fingerprint density at radius 1 is 1.07 bits per heavy atom. The standard InChI is InChI=1S/C23H22N6O/c1-16-5-2-8-20(25-16)23(30)28-12-4-7-19(14-28)22-26-21-10-9-18(15-29(21)27-22)17-6-3-11-24-13-17/h2-3,5-6,8-11,13,15,19H,4,7,12,14H2,1H3. The van der Waals surface area contributed by atoms with Gasteiger partial charge in [0.25, 0.3) is 5.91 Å². The van der Waals surface area contributed by atoms with Gasteiger partial charge >= 0.3 is 0 Å². The van der Waals surface area contributed by atoms with Gasteiger partial charge in [-0.2, -0.15) is 5.10 Å². The van der Waals surface area contributed by atoms with Gasteiger partial charge in [-0.25, -0.2) is 14.5 Å². The van der Waals surface area contributed by atoms with E-state index in [1.807, 2.05) is 65.1 Å². The van der Waals surface area contributed by atoms with E-state index in [0.717, 1.165) is 47.7 Å². The van der Waals surface area contributed by atoms with Crippen LogP contribution in [0.5, 0.6) is 0 Å². The molecule has 30 heavy (non-hydrogen) atoms. The highest BCUT2D eigenvalue weighted by Crippen LogP contribution is 2.27. The molecule has 1 saturated heterocycles. The summed E-state index contributed by atoms with van der Waals surface area (Å²) in [5.74, 6) is 0.883. The van der Waals surface area contributed by atoms with Gasteiger partial charge in [-0.05, 0) is 50.1 Å². The van der Waals surface area contributed by atoms with E-state index in [-0.39, 0.29) is 11.8 Å². The third-order valence-electron chi connectivity index (χ3n) is 5.52. The molecule has 150 valence electrons. The number of aryl methyl sites for hydroxylation is 1. The average Bonchev–Trinajstić information content (AvgIpc) is 3.23. The Kier molecular flexibility index (Phi) is 4.71. The Morgan fingerprint density at radius 3 is 2.83 bits per heavy atom. The fourth-order valence-electron chi connectivity index (χ4n) is 3.97. The molecule has 0 aromatic carbocycles. The van der Waals surface area contributed by atoms with Crippen molar-refractivity contribution in [2.75, 3.05) is 13.1 Å². The molecule has 1 fully saturated rings. The summed E-state index contributed by atoms with van der Waals surface area (Å²) in [5.41, 5.74) is 4.23. The average molecular weight is 398 g/mol. The van der Waals surface area contributed by atoms with Crippen molar-refractivity contribution < 1.29 is 4.79 Å². The third-order valence-corrected chi connectivity index (χ3v) is 5.52. The van der Waals surface area contributed by atoms with E-state index in [1.165, 1.54) is 0 Å². The minimum Gasteiger partial charge on any atom is -0.337 e. The van der Waals surface area contributed by atoms with Crippen molar-refractivity contribution in [1.82, 2.24) is 29.5 Å². The summed E-state index contributed by atoms with van der Waals surface area (Å²) < 4.78 is 1.82. The largest absolute Gasteiger partial charge is 0.337 e. The molecule has 0 aliphatic carbocycles. The summed E-state index contributed by atoms with van der Waals surface area (Å²) in [6.07, 6.45) is 7.47. The minimum atomic E-state index is -0.0222. The van der Waals surface area contributed by atoms with Crippen LogP contribution in [0.1, 0.15) is 40.8 Å². The van der Waals surface area contributed by atoms with Gasteiger partial charge in [0.1, 0.15) is 5.69 Å². The number of aromatic nitrogens is 5. The molecule has 0 radical (unpaired) electrons.